The zero-order valence-electron chi connectivity index (χ0n) is 20.4. The van der Waals surface area contributed by atoms with Gasteiger partial charge >= 0.3 is 0 Å². The van der Waals surface area contributed by atoms with Crippen molar-refractivity contribution in [3.63, 3.8) is 0 Å². The molecule has 0 aliphatic carbocycles. The summed E-state index contributed by atoms with van der Waals surface area (Å²) in [5.74, 6) is 0. The lowest BCUT2D eigenvalue weighted by molar-refractivity contribution is 0.219. The van der Waals surface area contributed by atoms with Crippen molar-refractivity contribution in [3.8, 4) is 0 Å². The number of rotatable bonds is 4. The van der Waals surface area contributed by atoms with Crippen LogP contribution in [0.2, 0.25) is 0 Å². The Balaban J connectivity index is 5.14. The van der Waals surface area contributed by atoms with Gasteiger partial charge in [-0.15, -0.1) is 0 Å². The van der Waals surface area contributed by atoms with Crippen molar-refractivity contribution in [1.82, 2.24) is 9.80 Å². The second-order valence-corrected chi connectivity index (χ2v) is 16.1. The summed E-state index contributed by atoms with van der Waals surface area (Å²) in [5, 5.41) is 0. The first-order chi connectivity index (χ1) is 12.2. The molecular weight excluding hydrogens is 421 g/mol. The molecule has 2 nitrogen and oxygen atoms in total. The predicted molar refractivity (Wildman–Crippen MR) is 141 cm³/mol. The highest BCUT2D eigenvalue weighted by atomic mass is 33.1. The van der Waals surface area contributed by atoms with Gasteiger partial charge in [0.15, 0.2) is 0 Å². The zero-order valence-corrected chi connectivity index (χ0v) is 23.6. The van der Waals surface area contributed by atoms with E-state index < -0.39 is 0 Å². The molecule has 0 aromatic carbocycles. The normalized spacial score (nSPS) is 13.4. The quantitative estimate of drug-likeness (QED) is 0.308. The molecule has 28 heavy (non-hydrogen) atoms. The SMILES string of the molecule is CC(C)(C)CN(CC(C)(C)C)C(=S)SSC(=S)N(CC(C)(C)C)CC(C)(C)C. The summed E-state index contributed by atoms with van der Waals surface area (Å²) < 4.78 is 1.87. The standard InChI is InChI=1S/C22H44N2S4/c1-19(2,3)13-23(14-20(4,5)6)17(25)27-28-18(26)24(15-21(7,8)9)16-22(10,11)12/h13-16H2,1-12H3. The van der Waals surface area contributed by atoms with E-state index in [1.807, 2.05) is 0 Å². The Bertz CT molecular complexity index is 437. The van der Waals surface area contributed by atoms with Gasteiger partial charge in [-0.2, -0.15) is 0 Å². The lowest BCUT2D eigenvalue weighted by atomic mass is 9.92. The monoisotopic (exact) mass is 464 g/mol. The maximum absolute atomic E-state index is 5.83. The Hall–Kier alpha value is 0.480. The van der Waals surface area contributed by atoms with Gasteiger partial charge in [0, 0.05) is 26.2 Å². The minimum absolute atomic E-state index is 0.200. The lowest BCUT2D eigenvalue weighted by Gasteiger charge is -2.37. The van der Waals surface area contributed by atoms with E-state index in [1.54, 1.807) is 21.6 Å². The zero-order chi connectivity index (χ0) is 22.6. The molecule has 166 valence electrons. The van der Waals surface area contributed by atoms with Gasteiger partial charge in [0.1, 0.15) is 8.64 Å². The Morgan fingerprint density at radius 2 is 0.679 bits per heavy atom. The van der Waals surface area contributed by atoms with Gasteiger partial charge in [0.05, 0.1) is 0 Å². The summed E-state index contributed by atoms with van der Waals surface area (Å²) in [6.07, 6.45) is 0. The van der Waals surface area contributed by atoms with Crippen LogP contribution in [0.3, 0.4) is 0 Å². The van der Waals surface area contributed by atoms with Crippen molar-refractivity contribution in [2.75, 3.05) is 26.2 Å². The molecule has 0 spiro atoms. The second kappa shape index (κ2) is 10.7. The lowest BCUT2D eigenvalue weighted by Crippen LogP contribution is -2.41. The van der Waals surface area contributed by atoms with Crippen LogP contribution >= 0.6 is 46.0 Å². The molecule has 0 N–H and O–H groups in total. The maximum Gasteiger partial charge on any atom is 0.147 e. The largest absolute Gasteiger partial charge is 0.356 e. The molecule has 0 fully saturated rings. The van der Waals surface area contributed by atoms with E-state index in [2.05, 4.69) is 92.9 Å². The van der Waals surface area contributed by atoms with Crippen LogP contribution in [0, 0.1) is 21.7 Å². The summed E-state index contributed by atoms with van der Waals surface area (Å²) in [7, 11) is 3.29. The van der Waals surface area contributed by atoms with E-state index in [1.165, 1.54) is 0 Å². The smallest absolute Gasteiger partial charge is 0.147 e. The van der Waals surface area contributed by atoms with Crippen molar-refractivity contribution in [2.24, 2.45) is 21.7 Å². The second-order valence-electron chi connectivity index (χ2n) is 12.7. The van der Waals surface area contributed by atoms with Gasteiger partial charge in [0.25, 0.3) is 0 Å². The molecule has 6 heteroatoms. The summed E-state index contributed by atoms with van der Waals surface area (Å²) in [5.41, 5.74) is 0.800. The first kappa shape index (κ1) is 28.5. The highest BCUT2D eigenvalue weighted by Crippen LogP contribution is 2.33. The molecular formula is C22H44N2S4. The fourth-order valence-corrected chi connectivity index (χ4v) is 5.38. The molecule has 0 rings (SSSR count). The minimum atomic E-state index is 0.200. The average molecular weight is 465 g/mol. The van der Waals surface area contributed by atoms with E-state index in [0.717, 1.165) is 34.8 Å². The first-order valence-corrected chi connectivity index (χ1v) is 13.1. The fourth-order valence-electron chi connectivity index (χ4n) is 2.84. The van der Waals surface area contributed by atoms with Crippen LogP contribution in [0.25, 0.3) is 0 Å². The van der Waals surface area contributed by atoms with Crippen LogP contribution in [0.1, 0.15) is 83.1 Å². The Morgan fingerprint density at radius 1 is 0.500 bits per heavy atom. The van der Waals surface area contributed by atoms with Crippen molar-refractivity contribution in [2.45, 2.75) is 83.1 Å². The highest BCUT2D eigenvalue weighted by Gasteiger charge is 2.27. The minimum Gasteiger partial charge on any atom is -0.356 e. The molecule has 0 saturated heterocycles. The molecule has 0 aliphatic heterocycles. The van der Waals surface area contributed by atoms with E-state index in [0.29, 0.717) is 0 Å². The molecule has 0 bridgehead atoms. The molecule has 0 saturated carbocycles. The summed E-state index contributed by atoms with van der Waals surface area (Å²) in [4.78, 5) is 4.71. The summed E-state index contributed by atoms with van der Waals surface area (Å²) >= 11 is 11.7. The summed E-state index contributed by atoms with van der Waals surface area (Å²) in [6.45, 7) is 31.0. The summed E-state index contributed by atoms with van der Waals surface area (Å²) in [6, 6.07) is 0. The molecule has 0 heterocycles. The van der Waals surface area contributed by atoms with Gasteiger partial charge in [0.2, 0.25) is 0 Å². The Morgan fingerprint density at radius 3 is 0.821 bits per heavy atom. The average Bonchev–Trinajstić information content (AvgIpc) is 2.36. The molecule has 0 unspecified atom stereocenters. The van der Waals surface area contributed by atoms with E-state index in [-0.39, 0.29) is 21.7 Å². The van der Waals surface area contributed by atoms with E-state index in [9.17, 15) is 0 Å². The van der Waals surface area contributed by atoms with Crippen molar-refractivity contribution in [3.05, 3.63) is 0 Å². The molecule has 0 aliphatic rings. The third-order valence-corrected chi connectivity index (χ3v) is 7.09. The van der Waals surface area contributed by atoms with Crippen LogP contribution in [-0.2, 0) is 0 Å². The Kier molecular flexibility index (Phi) is 10.9. The third-order valence-electron chi connectivity index (χ3n) is 3.36. The maximum atomic E-state index is 5.83. The fraction of sp³-hybridized carbons (Fsp3) is 0.909. The molecule has 0 aromatic rings. The molecule has 0 aromatic heterocycles. The van der Waals surface area contributed by atoms with Gasteiger partial charge in [-0.25, -0.2) is 0 Å². The molecule has 0 radical (unpaired) electrons. The number of thiocarbonyl (C=S) groups is 2. The first-order valence-electron chi connectivity index (χ1n) is 10.1. The van der Waals surface area contributed by atoms with Crippen molar-refractivity contribution >= 4 is 54.7 Å². The number of nitrogens with zero attached hydrogens (tertiary/aromatic N) is 2. The third kappa shape index (κ3) is 15.3. The number of hydrogen-bond donors (Lipinski definition) is 0. The van der Waals surface area contributed by atoms with Crippen LogP contribution < -0.4 is 0 Å². The van der Waals surface area contributed by atoms with Gasteiger partial charge in [-0.3, -0.25) is 0 Å². The van der Waals surface area contributed by atoms with Gasteiger partial charge < -0.3 is 9.80 Å². The predicted octanol–water partition coefficient (Wildman–Crippen LogP) is 7.73. The van der Waals surface area contributed by atoms with Crippen LogP contribution in [-0.4, -0.2) is 44.6 Å². The highest BCUT2D eigenvalue weighted by molar-refractivity contribution is 8.89. The van der Waals surface area contributed by atoms with Crippen LogP contribution in [0.5, 0.6) is 0 Å². The van der Waals surface area contributed by atoms with Crippen molar-refractivity contribution < 1.29 is 0 Å². The Labute approximate surface area is 194 Å². The van der Waals surface area contributed by atoms with Gasteiger partial charge in [-0.1, -0.05) is 108 Å². The van der Waals surface area contributed by atoms with E-state index >= 15 is 0 Å². The van der Waals surface area contributed by atoms with E-state index in [4.69, 9.17) is 24.4 Å². The van der Waals surface area contributed by atoms with Gasteiger partial charge in [-0.05, 0) is 43.2 Å². The van der Waals surface area contributed by atoms with Crippen LogP contribution in [0.15, 0.2) is 0 Å². The number of hydrogen-bond acceptors (Lipinski definition) is 4. The molecule has 0 atom stereocenters. The van der Waals surface area contributed by atoms with Crippen molar-refractivity contribution in [1.29, 1.82) is 0 Å². The molecule has 0 amide bonds. The topological polar surface area (TPSA) is 6.48 Å². The van der Waals surface area contributed by atoms with Crippen LogP contribution in [0.4, 0.5) is 0 Å².